The Hall–Kier alpha value is -2.50. The molecular weight excluding hydrogens is 330 g/mol. The fourth-order valence-electron chi connectivity index (χ4n) is 2.79. The molecule has 1 aliphatic rings. The molecule has 0 saturated heterocycles. The minimum Gasteiger partial charge on any atom is -0.487 e. The van der Waals surface area contributed by atoms with Crippen LogP contribution in [0.25, 0.3) is 10.9 Å². The number of benzene rings is 2. The molecule has 2 aromatic carbocycles. The van der Waals surface area contributed by atoms with Gasteiger partial charge in [-0.3, -0.25) is 4.79 Å². The SMILES string of the molecule is O=c1ccc2cccc(OCc3cc(Cl)cc4c3OCOC4)c2[nH]1. The van der Waals surface area contributed by atoms with Crippen molar-refractivity contribution in [3.63, 3.8) is 0 Å². The van der Waals surface area contributed by atoms with Crippen LogP contribution in [0.2, 0.25) is 5.02 Å². The fraction of sp³-hybridized carbons (Fsp3) is 0.167. The average Bonchev–Trinajstić information content (AvgIpc) is 2.59. The molecule has 24 heavy (non-hydrogen) atoms. The molecule has 5 nitrogen and oxygen atoms in total. The molecule has 122 valence electrons. The van der Waals surface area contributed by atoms with E-state index in [1.807, 2.05) is 30.3 Å². The molecule has 0 aliphatic carbocycles. The van der Waals surface area contributed by atoms with Crippen molar-refractivity contribution in [2.45, 2.75) is 13.2 Å². The summed E-state index contributed by atoms with van der Waals surface area (Å²) in [5, 5.41) is 1.51. The Kier molecular flexibility index (Phi) is 3.88. The van der Waals surface area contributed by atoms with E-state index in [-0.39, 0.29) is 19.0 Å². The van der Waals surface area contributed by atoms with Gasteiger partial charge in [-0.25, -0.2) is 0 Å². The molecule has 0 fully saturated rings. The van der Waals surface area contributed by atoms with Crippen molar-refractivity contribution in [2.75, 3.05) is 6.79 Å². The van der Waals surface area contributed by atoms with Gasteiger partial charge in [-0.2, -0.15) is 0 Å². The summed E-state index contributed by atoms with van der Waals surface area (Å²) in [5.41, 5.74) is 2.25. The smallest absolute Gasteiger partial charge is 0.248 e. The van der Waals surface area contributed by atoms with E-state index < -0.39 is 0 Å². The molecule has 0 bridgehead atoms. The van der Waals surface area contributed by atoms with Crippen LogP contribution < -0.4 is 15.0 Å². The maximum absolute atomic E-state index is 11.6. The van der Waals surface area contributed by atoms with E-state index in [4.69, 9.17) is 25.8 Å². The van der Waals surface area contributed by atoms with Crippen molar-refractivity contribution >= 4 is 22.5 Å². The third-order valence-electron chi connectivity index (χ3n) is 3.86. The van der Waals surface area contributed by atoms with E-state index in [2.05, 4.69) is 4.98 Å². The second-order valence-electron chi connectivity index (χ2n) is 5.50. The Labute approximate surface area is 142 Å². The Morgan fingerprint density at radius 2 is 2.12 bits per heavy atom. The number of fused-ring (bicyclic) bond motifs is 2. The van der Waals surface area contributed by atoms with Crippen LogP contribution in [0.5, 0.6) is 11.5 Å². The van der Waals surface area contributed by atoms with Gasteiger partial charge >= 0.3 is 0 Å². The standard InChI is InChI=1S/C18H14ClNO4/c19-14-6-12-8-22-10-24-18(12)13(7-14)9-23-15-3-1-2-11-4-5-16(21)20-17(11)15/h1-7H,8-10H2,(H,20,21). The minimum atomic E-state index is -0.167. The van der Waals surface area contributed by atoms with E-state index in [1.54, 1.807) is 6.07 Å². The number of halogens is 1. The number of pyridine rings is 1. The zero-order chi connectivity index (χ0) is 16.5. The van der Waals surface area contributed by atoms with Gasteiger partial charge in [-0.1, -0.05) is 23.7 Å². The number of aromatic nitrogens is 1. The summed E-state index contributed by atoms with van der Waals surface area (Å²) in [5.74, 6) is 1.35. The molecule has 0 unspecified atom stereocenters. The van der Waals surface area contributed by atoms with Crippen LogP contribution in [-0.4, -0.2) is 11.8 Å². The molecule has 1 aliphatic heterocycles. The molecule has 1 aromatic heterocycles. The molecule has 0 radical (unpaired) electrons. The van der Waals surface area contributed by atoms with Crippen LogP contribution >= 0.6 is 11.6 Å². The number of ether oxygens (including phenoxy) is 3. The van der Waals surface area contributed by atoms with Gasteiger partial charge in [-0.15, -0.1) is 0 Å². The second kappa shape index (κ2) is 6.19. The molecule has 4 rings (SSSR count). The predicted octanol–water partition coefficient (Wildman–Crippen LogP) is 3.63. The molecule has 0 atom stereocenters. The summed E-state index contributed by atoms with van der Waals surface area (Å²) in [4.78, 5) is 14.4. The number of para-hydroxylation sites is 1. The van der Waals surface area contributed by atoms with Crippen molar-refractivity contribution in [3.8, 4) is 11.5 Å². The summed E-state index contributed by atoms with van der Waals surface area (Å²) < 4.78 is 16.8. The van der Waals surface area contributed by atoms with Gasteiger partial charge in [0, 0.05) is 27.6 Å². The lowest BCUT2D eigenvalue weighted by Gasteiger charge is -2.21. The third kappa shape index (κ3) is 2.84. The molecule has 6 heteroatoms. The highest BCUT2D eigenvalue weighted by Crippen LogP contribution is 2.33. The van der Waals surface area contributed by atoms with Crippen molar-refractivity contribution < 1.29 is 14.2 Å². The lowest BCUT2D eigenvalue weighted by atomic mass is 10.1. The molecule has 0 amide bonds. The van der Waals surface area contributed by atoms with Gasteiger partial charge in [0.25, 0.3) is 0 Å². The Bertz CT molecular complexity index is 967. The van der Waals surface area contributed by atoms with Crippen LogP contribution in [0, 0.1) is 0 Å². The molecule has 0 spiro atoms. The molecule has 2 heterocycles. The number of rotatable bonds is 3. The molecule has 1 N–H and O–H groups in total. The van der Waals surface area contributed by atoms with Gasteiger partial charge in [0.05, 0.1) is 12.1 Å². The number of nitrogens with one attached hydrogen (secondary N) is 1. The maximum atomic E-state index is 11.6. The summed E-state index contributed by atoms with van der Waals surface area (Å²) in [7, 11) is 0. The number of hydrogen-bond donors (Lipinski definition) is 1. The van der Waals surface area contributed by atoms with Crippen molar-refractivity contribution in [3.05, 3.63) is 69.0 Å². The first-order valence-corrected chi connectivity index (χ1v) is 7.85. The second-order valence-corrected chi connectivity index (χ2v) is 5.93. The van der Waals surface area contributed by atoms with Gasteiger partial charge in [0.1, 0.15) is 18.1 Å². The van der Waals surface area contributed by atoms with Gasteiger partial charge in [0.15, 0.2) is 6.79 Å². The first-order chi connectivity index (χ1) is 11.7. The predicted molar refractivity (Wildman–Crippen MR) is 90.6 cm³/mol. The lowest BCUT2D eigenvalue weighted by molar-refractivity contribution is -0.0175. The summed E-state index contributed by atoms with van der Waals surface area (Å²) in [6.45, 7) is 0.951. The lowest BCUT2D eigenvalue weighted by Crippen LogP contribution is -2.14. The van der Waals surface area contributed by atoms with Gasteiger partial charge in [0.2, 0.25) is 5.56 Å². The van der Waals surface area contributed by atoms with E-state index in [9.17, 15) is 4.79 Å². The van der Waals surface area contributed by atoms with Crippen LogP contribution in [0.4, 0.5) is 0 Å². The van der Waals surface area contributed by atoms with Crippen LogP contribution in [0.15, 0.2) is 47.3 Å². The number of hydrogen-bond acceptors (Lipinski definition) is 4. The number of H-pyrrole nitrogens is 1. The number of aromatic amines is 1. The highest BCUT2D eigenvalue weighted by atomic mass is 35.5. The summed E-state index contributed by atoms with van der Waals surface area (Å²) in [6, 6.07) is 12.5. The zero-order valence-corrected chi connectivity index (χ0v) is 13.4. The van der Waals surface area contributed by atoms with E-state index in [0.29, 0.717) is 22.9 Å². The van der Waals surface area contributed by atoms with Crippen molar-refractivity contribution in [1.29, 1.82) is 0 Å². The Morgan fingerprint density at radius 3 is 3.04 bits per heavy atom. The van der Waals surface area contributed by atoms with Crippen molar-refractivity contribution in [2.24, 2.45) is 0 Å². The van der Waals surface area contributed by atoms with E-state index >= 15 is 0 Å². The van der Waals surface area contributed by atoms with E-state index in [1.165, 1.54) is 6.07 Å². The normalized spacial score (nSPS) is 13.4. The third-order valence-corrected chi connectivity index (χ3v) is 4.07. The van der Waals surface area contributed by atoms with Crippen LogP contribution in [0.3, 0.4) is 0 Å². The molecular formula is C18H14ClNO4. The van der Waals surface area contributed by atoms with Crippen LogP contribution in [0.1, 0.15) is 11.1 Å². The fourth-order valence-corrected chi connectivity index (χ4v) is 3.05. The Balaban J connectivity index is 1.68. The highest BCUT2D eigenvalue weighted by Gasteiger charge is 2.17. The first kappa shape index (κ1) is 15.1. The summed E-state index contributed by atoms with van der Waals surface area (Å²) in [6.07, 6.45) is 0. The minimum absolute atomic E-state index is 0.167. The summed E-state index contributed by atoms with van der Waals surface area (Å²) >= 11 is 6.17. The molecule has 3 aromatic rings. The van der Waals surface area contributed by atoms with Gasteiger partial charge in [-0.05, 0) is 24.3 Å². The Morgan fingerprint density at radius 1 is 1.21 bits per heavy atom. The van der Waals surface area contributed by atoms with E-state index in [0.717, 1.165) is 22.3 Å². The first-order valence-electron chi connectivity index (χ1n) is 7.47. The monoisotopic (exact) mass is 343 g/mol. The molecule has 0 saturated carbocycles. The van der Waals surface area contributed by atoms with Crippen molar-refractivity contribution in [1.82, 2.24) is 4.98 Å². The highest BCUT2D eigenvalue weighted by molar-refractivity contribution is 6.30. The maximum Gasteiger partial charge on any atom is 0.248 e. The quantitative estimate of drug-likeness (QED) is 0.789. The van der Waals surface area contributed by atoms with Gasteiger partial charge < -0.3 is 19.2 Å². The largest absolute Gasteiger partial charge is 0.487 e. The average molecular weight is 344 g/mol. The zero-order valence-electron chi connectivity index (χ0n) is 12.7. The van der Waals surface area contributed by atoms with Crippen LogP contribution in [-0.2, 0) is 18.0 Å². The topological polar surface area (TPSA) is 60.6 Å².